The summed E-state index contributed by atoms with van der Waals surface area (Å²) in [6, 6.07) is 0. The summed E-state index contributed by atoms with van der Waals surface area (Å²) in [5.41, 5.74) is 7.18. The second-order valence-electron chi connectivity index (χ2n) is 8.86. The maximum atomic E-state index is 12.4. The maximum Gasteiger partial charge on any atom is 0.410 e. The van der Waals surface area contributed by atoms with E-state index in [1.807, 2.05) is 41.5 Å². The molecule has 0 heterocycles. The molecule has 0 saturated heterocycles. The lowest BCUT2D eigenvalue weighted by Gasteiger charge is -2.36. The average Bonchev–Trinajstić information content (AvgIpc) is 2.64. The van der Waals surface area contributed by atoms with Crippen molar-refractivity contribution in [3.8, 4) is 0 Å². The Hall–Kier alpha value is -2.27. The van der Waals surface area contributed by atoms with Crippen molar-refractivity contribution in [3.63, 3.8) is 0 Å². The van der Waals surface area contributed by atoms with E-state index in [0.29, 0.717) is 26.4 Å². The molecule has 0 bridgehead atoms. The van der Waals surface area contributed by atoms with Gasteiger partial charge in [0, 0.05) is 36.6 Å². The number of carbonyl (C=O) groups is 2. The lowest BCUT2D eigenvalue weighted by molar-refractivity contribution is -0.00933. The minimum Gasteiger partial charge on any atom is -0.465 e. The lowest BCUT2D eigenvalue weighted by atomic mass is 10.1. The largest absolute Gasteiger partial charge is 0.465 e. The first-order valence-corrected chi connectivity index (χ1v) is 10.6. The van der Waals surface area contributed by atoms with E-state index in [1.165, 1.54) is 4.90 Å². The van der Waals surface area contributed by atoms with E-state index in [1.54, 1.807) is 4.90 Å². The third kappa shape index (κ3) is 15.5. The van der Waals surface area contributed by atoms with E-state index in [4.69, 9.17) is 24.5 Å². The van der Waals surface area contributed by atoms with E-state index in [0.717, 1.165) is 0 Å². The van der Waals surface area contributed by atoms with E-state index in [-0.39, 0.29) is 45.5 Å². The fourth-order valence-electron chi connectivity index (χ4n) is 2.40. The van der Waals surface area contributed by atoms with Crippen LogP contribution in [0.2, 0.25) is 0 Å². The quantitative estimate of drug-likeness (QED) is 0.170. The van der Waals surface area contributed by atoms with Gasteiger partial charge in [-0.15, -0.1) is 0 Å². The Kier molecular flexibility index (Phi) is 14.4. The zero-order valence-corrected chi connectivity index (χ0v) is 20.2. The number of carboxylic acid groups (broad SMARTS) is 1. The van der Waals surface area contributed by atoms with Gasteiger partial charge in [-0.1, -0.05) is 5.11 Å². The molecule has 0 saturated carbocycles. The molecule has 32 heavy (non-hydrogen) atoms. The Balaban J connectivity index is 4.06. The summed E-state index contributed by atoms with van der Waals surface area (Å²) >= 11 is 0. The first-order chi connectivity index (χ1) is 14.9. The summed E-state index contributed by atoms with van der Waals surface area (Å²) < 4.78 is 21.6. The van der Waals surface area contributed by atoms with E-state index >= 15 is 0 Å². The van der Waals surface area contributed by atoms with Gasteiger partial charge in [-0.25, -0.2) is 9.59 Å². The van der Waals surface area contributed by atoms with Crippen LogP contribution in [0, 0.1) is 0 Å². The normalized spacial score (nSPS) is 11.6. The van der Waals surface area contributed by atoms with Crippen molar-refractivity contribution in [2.24, 2.45) is 5.11 Å². The van der Waals surface area contributed by atoms with E-state index in [9.17, 15) is 14.7 Å². The molecule has 12 heteroatoms. The standard InChI is InChI=1S/C20H39N5O7/c1-19(2,3)25(18(28)32-20(4,5)6)10-14-31-16-15-30-13-9-24(17(26)27)8-12-29-11-7-22-23-21/h7-16H2,1-6H3,(H,26,27). The maximum absolute atomic E-state index is 12.4. The second kappa shape index (κ2) is 15.5. The molecule has 0 aromatic heterocycles. The number of rotatable bonds is 15. The summed E-state index contributed by atoms with van der Waals surface area (Å²) in [5.74, 6) is 0. The number of ether oxygens (including phenoxy) is 4. The molecule has 0 radical (unpaired) electrons. The highest BCUT2D eigenvalue weighted by molar-refractivity contribution is 5.69. The Morgan fingerprint density at radius 1 is 0.875 bits per heavy atom. The van der Waals surface area contributed by atoms with Gasteiger partial charge >= 0.3 is 12.2 Å². The van der Waals surface area contributed by atoms with Crippen LogP contribution in [0.5, 0.6) is 0 Å². The molecule has 0 aliphatic heterocycles. The molecule has 186 valence electrons. The smallest absolute Gasteiger partial charge is 0.410 e. The van der Waals surface area contributed by atoms with Gasteiger partial charge in [0.1, 0.15) is 5.60 Å². The number of amides is 2. The van der Waals surface area contributed by atoms with Crippen molar-refractivity contribution < 1.29 is 33.6 Å². The van der Waals surface area contributed by atoms with Gasteiger partial charge in [0.2, 0.25) is 0 Å². The Morgan fingerprint density at radius 3 is 1.81 bits per heavy atom. The molecule has 12 nitrogen and oxygen atoms in total. The highest BCUT2D eigenvalue weighted by Crippen LogP contribution is 2.18. The number of hydrogen-bond acceptors (Lipinski definition) is 7. The molecule has 0 unspecified atom stereocenters. The first kappa shape index (κ1) is 29.7. The fraction of sp³-hybridized carbons (Fsp3) is 0.900. The summed E-state index contributed by atoms with van der Waals surface area (Å²) in [4.78, 5) is 29.1. The summed E-state index contributed by atoms with van der Waals surface area (Å²) in [6.07, 6.45) is -1.45. The molecule has 0 aliphatic carbocycles. The van der Waals surface area contributed by atoms with Crippen molar-refractivity contribution >= 4 is 12.2 Å². The molecule has 0 aromatic carbocycles. The van der Waals surface area contributed by atoms with Crippen molar-refractivity contribution in [3.05, 3.63) is 10.4 Å². The number of hydrogen-bond donors (Lipinski definition) is 1. The SMILES string of the molecule is CC(C)(C)OC(=O)N(CCOCCOCCN(CCOCCN=[N+]=[N-])C(=O)O)C(C)(C)C. The van der Waals surface area contributed by atoms with Crippen LogP contribution in [0.3, 0.4) is 0 Å². The lowest BCUT2D eigenvalue weighted by Crippen LogP contribution is -2.49. The summed E-state index contributed by atoms with van der Waals surface area (Å²) in [7, 11) is 0. The van der Waals surface area contributed by atoms with Crippen LogP contribution >= 0.6 is 0 Å². The molecular formula is C20H39N5O7. The molecular weight excluding hydrogens is 422 g/mol. The minimum atomic E-state index is -1.06. The predicted molar refractivity (Wildman–Crippen MR) is 119 cm³/mol. The predicted octanol–water partition coefficient (Wildman–Crippen LogP) is 3.36. The molecule has 0 fully saturated rings. The summed E-state index contributed by atoms with van der Waals surface area (Å²) in [6.45, 7) is 13.9. The van der Waals surface area contributed by atoms with Crippen molar-refractivity contribution in [1.29, 1.82) is 0 Å². The van der Waals surface area contributed by atoms with Gasteiger partial charge in [0.05, 0.1) is 39.6 Å². The minimum absolute atomic E-state index is 0.193. The van der Waals surface area contributed by atoms with Gasteiger partial charge < -0.3 is 33.9 Å². The molecule has 0 spiro atoms. The van der Waals surface area contributed by atoms with Gasteiger partial charge in [-0.3, -0.25) is 0 Å². The van der Waals surface area contributed by atoms with E-state index in [2.05, 4.69) is 10.0 Å². The number of carbonyl (C=O) groups excluding carboxylic acids is 1. The highest BCUT2D eigenvalue weighted by Gasteiger charge is 2.30. The monoisotopic (exact) mass is 461 g/mol. The number of azide groups is 1. The third-order valence-corrected chi connectivity index (χ3v) is 3.94. The van der Waals surface area contributed by atoms with Crippen LogP contribution in [-0.2, 0) is 18.9 Å². The molecule has 0 rings (SSSR count). The molecule has 2 amide bonds. The number of nitrogens with zero attached hydrogens (tertiary/aromatic N) is 5. The Labute approximate surface area is 190 Å². The van der Waals surface area contributed by atoms with Crippen LogP contribution in [-0.4, -0.2) is 104 Å². The van der Waals surface area contributed by atoms with E-state index < -0.39 is 17.2 Å². The van der Waals surface area contributed by atoms with Crippen LogP contribution in [0.25, 0.3) is 10.4 Å². The Morgan fingerprint density at radius 2 is 1.38 bits per heavy atom. The van der Waals surface area contributed by atoms with Crippen LogP contribution in [0.15, 0.2) is 5.11 Å². The highest BCUT2D eigenvalue weighted by atomic mass is 16.6. The van der Waals surface area contributed by atoms with Crippen LogP contribution in [0.4, 0.5) is 9.59 Å². The fourth-order valence-corrected chi connectivity index (χ4v) is 2.40. The molecule has 1 N–H and O–H groups in total. The Bertz CT molecular complexity index is 598. The van der Waals surface area contributed by atoms with Gasteiger partial charge in [-0.05, 0) is 47.1 Å². The average molecular weight is 462 g/mol. The second-order valence-corrected chi connectivity index (χ2v) is 8.86. The van der Waals surface area contributed by atoms with Gasteiger partial charge in [0.15, 0.2) is 0 Å². The zero-order chi connectivity index (χ0) is 24.6. The third-order valence-electron chi connectivity index (χ3n) is 3.94. The van der Waals surface area contributed by atoms with Gasteiger partial charge in [-0.2, -0.15) is 0 Å². The first-order valence-electron chi connectivity index (χ1n) is 10.6. The van der Waals surface area contributed by atoms with Crippen LogP contribution < -0.4 is 0 Å². The topological polar surface area (TPSA) is 147 Å². The van der Waals surface area contributed by atoms with Crippen molar-refractivity contribution in [1.82, 2.24) is 9.80 Å². The molecule has 0 atom stereocenters. The van der Waals surface area contributed by atoms with Gasteiger partial charge in [0.25, 0.3) is 0 Å². The molecule has 0 aliphatic rings. The van der Waals surface area contributed by atoms with Crippen molar-refractivity contribution in [2.75, 3.05) is 65.8 Å². The zero-order valence-electron chi connectivity index (χ0n) is 20.2. The molecule has 0 aromatic rings. The van der Waals surface area contributed by atoms with Crippen LogP contribution in [0.1, 0.15) is 41.5 Å². The summed E-state index contributed by atoms with van der Waals surface area (Å²) in [5, 5.41) is 12.5. The van der Waals surface area contributed by atoms with Crippen molar-refractivity contribution in [2.45, 2.75) is 52.7 Å².